The summed E-state index contributed by atoms with van der Waals surface area (Å²) in [7, 11) is 1.85. The average Bonchev–Trinajstić information content (AvgIpc) is 2.91. The summed E-state index contributed by atoms with van der Waals surface area (Å²) < 4.78 is 7.03. The molecule has 1 amide bonds. The average molecular weight is 316 g/mol. The van der Waals surface area contributed by atoms with E-state index in [1.165, 1.54) is 18.3 Å². The maximum atomic E-state index is 11.7. The number of rotatable bonds is 6. The lowest BCUT2D eigenvalue weighted by atomic mass is 10.2. The van der Waals surface area contributed by atoms with Crippen molar-refractivity contribution < 1.29 is 14.5 Å². The van der Waals surface area contributed by atoms with Gasteiger partial charge in [0.05, 0.1) is 16.8 Å². The summed E-state index contributed by atoms with van der Waals surface area (Å²) in [6.45, 7) is 1.37. The summed E-state index contributed by atoms with van der Waals surface area (Å²) in [5, 5.41) is 14.8. The molecule has 0 fully saturated rings. The fourth-order valence-corrected chi connectivity index (χ4v) is 1.85. The van der Waals surface area contributed by atoms with E-state index in [2.05, 4.69) is 10.5 Å². The second kappa shape index (κ2) is 7.21. The molecule has 120 valence electrons. The summed E-state index contributed by atoms with van der Waals surface area (Å²) in [5.74, 6) is -0.465. The van der Waals surface area contributed by atoms with E-state index in [4.69, 9.17) is 4.74 Å². The van der Waals surface area contributed by atoms with Gasteiger partial charge in [0.1, 0.15) is 0 Å². The molecular weight excluding hydrogens is 300 g/mol. The number of carbonyl (C=O) groups excluding carboxylic acids is 1. The Bertz CT molecular complexity index is 752. The zero-order valence-electron chi connectivity index (χ0n) is 12.7. The maximum absolute atomic E-state index is 11.7. The van der Waals surface area contributed by atoms with Gasteiger partial charge < -0.3 is 9.30 Å². The lowest BCUT2D eigenvalue weighted by Crippen LogP contribution is -2.24. The third kappa shape index (κ3) is 4.40. The molecular formula is C15H16N4O4. The first-order valence-electron chi connectivity index (χ1n) is 6.78. The number of nitro groups is 1. The molecule has 1 heterocycles. The lowest BCUT2D eigenvalue weighted by molar-refractivity contribution is -0.385. The van der Waals surface area contributed by atoms with Crippen molar-refractivity contribution in [2.24, 2.45) is 12.1 Å². The van der Waals surface area contributed by atoms with E-state index in [0.717, 1.165) is 11.3 Å². The highest BCUT2D eigenvalue weighted by molar-refractivity contribution is 5.81. The summed E-state index contributed by atoms with van der Waals surface area (Å²) in [4.78, 5) is 22.1. The van der Waals surface area contributed by atoms with Gasteiger partial charge in [0.2, 0.25) is 0 Å². The number of amides is 1. The number of nitrogens with zero attached hydrogens (tertiary/aromatic N) is 3. The summed E-state index contributed by atoms with van der Waals surface area (Å²) in [5.41, 5.74) is 3.68. The number of nitrogens with one attached hydrogen (secondary N) is 1. The molecule has 8 heteroatoms. The van der Waals surface area contributed by atoms with Crippen LogP contribution in [0.5, 0.6) is 5.75 Å². The molecule has 2 aromatic rings. The number of carbonyl (C=O) groups is 1. The quantitative estimate of drug-likeness (QED) is 0.499. The van der Waals surface area contributed by atoms with Crippen molar-refractivity contribution >= 4 is 17.8 Å². The summed E-state index contributed by atoms with van der Waals surface area (Å²) in [6.07, 6.45) is 3.34. The van der Waals surface area contributed by atoms with E-state index in [1.54, 1.807) is 13.0 Å². The molecule has 0 spiro atoms. The van der Waals surface area contributed by atoms with Gasteiger partial charge in [-0.25, -0.2) is 5.43 Å². The molecule has 0 saturated carbocycles. The van der Waals surface area contributed by atoms with Crippen molar-refractivity contribution in [3.63, 3.8) is 0 Å². The number of hydrogen-bond acceptors (Lipinski definition) is 5. The van der Waals surface area contributed by atoms with Gasteiger partial charge in [-0.2, -0.15) is 5.10 Å². The number of aryl methyl sites for hydroxylation is 2. The fourth-order valence-electron chi connectivity index (χ4n) is 1.85. The third-order valence-electron chi connectivity index (χ3n) is 3.04. The van der Waals surface area contributed by atoms with Crippen molar-refractivity contribution in [2.75, 3.05) is 6.61 Å². The van der Waals surface area contributed by atoms with Crippen LogP contribution in [0.4, 0.5) is 5.69 Å². The van der Waals surface area contributed by atoms with E-state index in [1.807, 2.05) is 29.9 Å². The standard InChI is InChI=1S/C15H16N4O4/c1-11-5-6-14(13(8-11)19(21)22)23-10-15(20)17-16-9-12-4-3-7-18(12)2/h3-9H,10H2,1-2H3,(H,17,20)/b16-9-. The molecule has 8 nitrogen and oxygen atoms in total. The first-order valence-corrected chi connectivity index (χ1v) is 6.78. The monoisotopic (exact) mass is 316 g/mol. The van der Waals surface area contributed by atoms with Gasteiger partial charge in [-0.05, 0) is 30.7 Å². The normalized spacial score (nSPS) is 10.7. The first kappa shape index (κ1) is 16.2. The Balaban J connectivity index is 1.91. The second-order valence-electron chi connectivity index (χ2n) is 4.85. The van der Waals surface area contributed by atoms with Crippen LogP contribution in [0, 0.1) is 17.0 Å². The van der Waals surface area contributed by atoms with Crippen LogP contribution in [-0.4, -0.2) is 28.2 Å². The van der Waals surface area contributed by atoms with E-state index in [-0.39, 0.29) is 18.0 Å². The minimum absolute atomic E-state index is 0.0437. The van der Waals surface area contributed by atoms with Crippen molar-refractivity contribution in [1.29, 1.82) is 0 Å². The van der Waals surface area contributed by atoms with Gasteiger partial charge in [0.15, 0.2) is 12.4 Å². The van der Waals surface area contributed by atoms with E-state index in [0.29, 0.717) is 0 Å². The minimum Gasteiger partial charge on any atom is -0.477 e. The molecule has 0 radical (unpaired) electrons. The van der Waals surface area contributed by atoms with Crippen molar-refractivity contribution in [3.8, 4) is 5.75 Å². The smallest absolute Gasteiger partial charge is 0.311 e. The largest absolute Gasteiger partial charge is 0.477 e. The van der Waals surface area contributed by atoms with Crippen LogP contribution < -0.4 is 10.2 Å². The Hall–Kier alpha value is -3.16. The van der Waals surface area contributed by atoms with Crippen LogP contribution in [0.25, 0.3) is 0 Å². The Morgan fingerprint density at radius 3 is 2.91 bits per heavy atom. The van der Waals surface area contributed by atoms with Gasteiger partial charge in [-0.15, -0.1) is 0 Å². The Labute approximate surface area is 132 Å². The second-order valence-corrected chi connectivity index (χ2v) is 4.85. The highest BCUT2D eigenvalue weighted by Crippen LogP contribution is 2.27. The van der Waals surface area contributed by atoms with E-state index >= 15 is 0 Å². The number of aromatic nitrogens is 1. The number of benzene rings is 1. The third-order valence-corrected chi connectivity index (χ3v) is 3.04. The molecule has 2 rings (SSSR count). The minimum atomic E-state index is -0.548. The van der Waals surface area contributed by atoms with Crippen LogP contribution in [-0.2, 0) is 11.8 Å². The van der Waals surface area contributed by atoms with Gasteiger partial charge >= 0.3 is 5.69 Å². The maximum Gasteiger partial charge on any atom is 0.311 e. The molecule has 0 saturated heterocycles. The van der Waals surface area contributed by atoms with E-state index in [9.17, 15) is 14.9 Å². The molecule has 0 aliphatic rings. The van der Waals surface area contributed by atoms with Crippen LogP contribution in [0.15, 0.2) is 41.6 Å². The zero-order valence-corrected chi connectivity index (χ0v) is 12.7. The highest BCUT2D eigenvalue weighted by atomic mass is 16.6. The fraction of sp³-hybridized carbons (Fsp3) is 0.200. The van der Waals surface area contributed by atoms with Gasteiger partial charge in [0.25, 0.3) is 5.91 Å². The lowest BCUT2D eigenvalue weighted by Gasteiger charge is -2.06. The van der Waals surface area contributed by atoms with Crippen LogP contribution in [0.2, 0.25) is 0 Å². The van der Waals surface area contributed by atoms with Crippen molar-refractivity contribution in [3.05, 3.63) is 57.9 Å². The summed E-state index contributed by atoms with van der Waals surface area (Å²) >= 11 is 0. The van der Waals surface area contributed by atoms with E-state index < -0.39 is 10.8 Å². The molecule has 0 aliphatic heterocycles. The Kier molecular flexibility index (Phi) is 5.08. The Morgan fingerprint density at radius 1 is 1.48 bits per heavy atom. The molecule has 0 aliphatic carbocycles. The molecule has 0 atom stereocenters. The number of hydrogen-bond donors (Lipinski definition) is 1. The predicted molar refractivity (Wildman–Crippen MR) is 84.5 cm³/mol. The number of nitro benzene ring substituents is 1. The molecule has 23 heavy (non-hydrogen) atoms. The number of ether oxygens (including phenoxy) is 1. The molecule has 1 N–H and O–H groups in total. The van der Waals surface area contributed by atoms with Crippen molar-refractivity contribution in [2.45, 2.75) is 6.92 Å². The van der Waals surface area contributed by atoms with Gasteiger partial charge in [-0.1, -0.05) is 6.07 Å². The number of hydrazone groups is 1. The highest BCUT2D eigenvalue weighted by Gasteiger charge is 2.16. The van der Waals surface area contributed by atoms with Crippen LogP contribution in [0.3, 0.4) is 0 Å². The predicted octanol–water partition coefficient (Wildman–Crippen LogP) is 1.77. The molecule has 1 aromatic heterocycles. The molecule has 1 aromatic carbocycles. The zero-order chi connectivity index (χ0) is 16.8. The SMILES string of the molecule is Cc1ccc(OCC(=O)N/N=C\c2cccn2C)c([N+](=O)[O-])c1. The van der Waals surface area contributed by atoms with Gasteiger partial charge in [0, 0.05) is 19.3 Å². The summed E-state index contributed by atoms with van der Waals surface area (Å²) in [6, 6.07) is 8.22. The Morgan fingerprint density at radius 2 is 2.26 bits per heavy atom. The first-order chi connectivity index (χ1) is 11.0. The molecule has 0 bridgehead atoms. The van der Waals surface area contributed by atoms with Crippen molar-refractivity contribution in [1.82, 2.24) is 9.99 Å². The topological polar surface area (TPSA) is 98.8 Å². The molecule has 0 unspecified atom stereocenters. The van der Waals surface area contributed by atoms with Crippen LogP contribution >= 0.6 is 0 Å². The van der Waals surface area contributed by atoms with Gasteiger partial charge in [-0.3, -0.25) is 14.9 Å². The van der Waals surface area contributed by atoms with Crippen LogP contribution in [0.1, 0.15) is 11.3 Å².